The number of pyridine rings is 1. The van der Waals surface area contributed by atoms with Gasteiger partial charge in [0.15, 0.2) is 0 Å². The van der Waals surface area contributed by atoms with Crippen LogP contribution in [0.25, 0.3) is 0 Å². The van der Waals surface area contributed by atoms with E-state index in [2.05, 4.69) is 20.9 Å². The van der Waals surface area contributed by atoms with E-state index in [9.17, 15) is 5.11 Å². The Morgan fingerprint density at radius 1 is 1.56 bits per heavy atom. The van der Waals surface area contributed by atoms with Gasteiger partial charge in [0.25, 0.3) is 0 Å². The van der Waals surface area contributed by atoms with Crippen molar-refractivity contribution < 1.29 is 5.11 Å². The number of nitrogens with zero attached hydrogens (tertiary/aromatic N) is 1. The van der Waals surface area contributed by atoms with E-state index in [1.165, 1.54) is 4.88 Å². The zero-order chi connectivity index (χ0) is 11.5. The zero-order valence-electron chi connectivity index (χ0n) is 8.85. The molecule has 0 aliphatic carbocycles. The number of hydrogen-bond acceptors (Lipinski definition) is 3. The Labute approximate surface area is 107 Å². The topological polar surface area (TPSA) is 33.1 Å². The molecule has 0 amide bonds. The van der Waals surface area contributed by atoms with E-state index in [1.54, 1.807) is 17.5 Å². The molecule has 2 nitrogen and oxygen atoms in total. The summed E-state index contributed by atoms with van der Waals surface area (Å²) in [6, 6.07) is 5.82. The molecule has 2 aromatic rings. The fourth-order valence-electron chi connectivity index (χ4n) is 1.61. The highest BCUT2D eigenvalue weighted by Crippen LogP contribution is 2.26. The first-order chi connectivity index (χ1) is 7.66. The molecule has 2 aromatic heterocycles. The van der Waals surface area contributed by atoms with Crippen molar-refractivity contribution in [3.05, 3.63) is 50.4 Å². The minimum Gasteiger partial charge on any atom is -0.388 e. The normalized spacial score (nSPS) is 12.7. The summed E-state index contributed by atoms with van der Waals surface area (Å²) in [6.07, 6.45) is 1.91. The summed E-state index contributed by atoms with van der Waals surface area (Å²) in [5.41, 5.74) is 1.80. The monoisotopic (exact) mass is 297 g/mol. The van der Waals surface area contributed by atoms with Crippen LogP contribution in [0.3, 0.4) is 0 Å². The molecule has 0 saturated heterocycles. The minimum absolute atomic E-state index is 0.473. The van der Waals surface area contributed by atoms with Gasteiger partial charge in [0, 0.05) is 38.6 Å². The first-order valence-corrected chi connectivity index (χ1v) is 6.66. The van der Waals surface area contributed by atoms with Crippen LogP contribution in [-0.4, -0.2) is 10.1 Å². The molecule has 2 rings (SSSR count). The van der Waals surface area contributed by atoms with E-state index in [4.69, 9.17) is 0 Å². The Morgan fingerprint density at radius 3 is 3.00 bits per heavy atom. The average Bonchev–Trinajstić information content (AvgIpc) is 2.64. The lowest BCUT2D eigenvalue weighted by molar-refractivity contribution is 0.178. The van der Waals surface area contributed by atoms with Crippen molar-refractivity contribution in [3.8, 4) is 0 Å². The number of rotatable bonds is 3. The highest BCUT2D eigenvalue weighted by Gasteiger charge is 2.12. The molecule has 16 heavy (non-hydrogen) atoms. The first-order valence-electron chi connectivity index (χ1n) is 4.99. The van der Waals surface area contributed by atoms with Crippen molar-refractivity contribution in [1.29, 1.82) is 0 Å². The van der Waals surface area contributed by atoms with Crippen molar-refractivity contribution in [2.24, 2.45) is 0 Å². The molecule has 0 fully saturated rings. The Morgan fingerprint density at radius 2 is 2.38 bits per heavy atom. The van der Waals surface area contributed by atoms with Crippen molar-refractivity contribution in [2.75, 3.05) is 0 Å². The summed E-state index contributed by atoms with van der Waals surface area (Å²) in [4.78, 5) is 5.35. The number of aliphatic hydroxyl groups excluding tert-OH is 1. The van der Waals surface area contributed by atoms with Gasteiger partial charge in [-0.25, -0.2) is 0 Å². The molecule has 0 radical (unpaired) electrons. The van der Waals surface area contributed by atoms with E-state index < -0.39 is 6.10 Å². The quantitative estimate of drug-likeness (QED) is 0.941. The molecule has 1 N–H and O–H groups in total. The van der Waals surface area contributed by atoms with E-state index in [0.717, 1.165) is 15.7 Å². The van der Waals surface area contributed by atoms with Crippen LogP contribution in [0.2, 0.25) is 0 Å². The lowest BCUT2D eigenvalue weighted by Crippen LogP contribution is -2.03. The van der Waals surface area contributed by atoms with Crippen molar-refractivity contribution >= 4 is 27.3 Å². The number of thiophene rings is 1. The molecule has 2 heterocycles. The Bertz CT molecular complexity index is 483. The second kappa shape index (κ2) is 5.08. The van der Waals surface area contributed by atoms with Crippen LogP contribution in [-0.2, 0) is 6.42 Å². The third-order valence-corrected chi connectivity index (χ3v) is 4.14. The van der Waals surface area contributed by atoms with Gasteiger partial charge in [0.1, 0.15) is 0 Å². The number of halogens is 1. The standard InChI is InChI=1S/C12H12BrNOS/c1-8-11(3-2-4-14-8)12(15)6-10-5-9(13)7-16-10/h2-5,7,12,15H,6H2,1H3. The summed E-state index contributed by atoms with van der Waals surface area (Å²) >= 11 is 5.06. The zero-order valence-corrected chi connectivity index (χ0v) is 11.3. The van der Waals surface area contributed by atoms with E-state index >= 15 is 0 Å². The molecule has 0 saturated carbocycles. The number of hydrogen-bond donors (Lipinski definition) is 1. The largest absolute Gasteiger partial charge is 0.388 e. The van der Waals surface area contributed by atoms with Gasteiger partial charge in [-0.15, -0.1) is 11.3 Å². The number of aryl methyl sites for hydroxylation is 1. The Kier molecular flexibility index (Phi) is 3.74. The summed E-state index contributed by atoms with van der Waals surface area (Å²) in [5, 5.41) is 12.1. The summed E-state index contributed by atoms with van der Waals surface area (Å²) < 4.78 is 1.07. The first kappa shape index (κ1) is 11.8. The van der Waals surface area contributed by atoms with Gasteiger partial charge in [-0.1, -0.05) is 6.07 Å². The molecule has 0 bridgehead atoms. The lowest BCUT2D eigenvalue weighted by Gasteiger charge is -2.11. The van der Waals surface area contributed by atoms with E-state index in [1.807, 2.05) is 30.5 Å². The number of aliphatic hydroxyl groups is 1. The molecule has 4 heteroatoms. The maximum absolute atomic E-state index is 10.1. The highest BCUT2D eigenvalue weighted by atomic mass is 79.9. The van der Waals surface area contributed by atoms with Crippen molar-refractivity contribution in [3.63, 3.8) is 0 Å². The lowest BCUT2D eigenvalue weighted by atomic mass is 10.0. The van der Waals surface area contributed by atoms with Crippen LogP contribution in [0, 0.1) is 6.92 Å². The summed E-state index contributed by atoms with van der Waals surface area (Å²) in [7, 11) is 0. The summed E-state index contributed by atoms with van der Waals surface area (Å²) in [6.45, 7) is 1.92. The van der Waals surface area contributed by atoms with Crippen LogP contribution in [0.4, 0.5) is 0 Å². The average molecular weight is 298 g/mol. The number of aromatic nitrogens is 1. The van der Waals surface area contributed by atoms with Gasteiger partial charge >= 0.3 is 0 Å². The maximum atomic E-state index is 10.1. The van der Waals surface area contributed by atoms with Gasteiger partial charge in [0.05, 0.1) is 6.10 Å². The van der Waals surface area contributed by atoms with Gasteiger partial charge in [-0.05, 0) is 35.0 Å². The van der Waals surface area contributed by atoms with Crippen LogP contribution >= 0.6 is 27.3 Å². The highest BCUT2D eigenvalue weighted by molar-refractivity contribution is 9.10. The van der Waals surface area contributed by atoms with E-state index in [-0.39, 0.29) is 0 Å². The van der Waals surface area contributed by atoms with Gasteiger partial charge in [0.2, 0.25) is 0 Å². The van der Waals surface area contributed by atoms with Crippen LogP contribution in [0.15, 0.2) is 34.2 Å². The Hall–Kier alpha value is -0.710. The fraction of sp³-hybridized carbons (Fsp3) is 0.250. The van der Waals surface area contributed by atoms with Crippen LogP contribution in [0.1, 0.15) is 22.2 Å². The molecular weight excluding hydrogens is 286 g/mol. The van der Waals surface area contributed by atoms with E-state index in [0.29, 0.717) is 6.42 Å². The van der Waals surface area contributed by atoms with Gasteiger partial charge in [-0.2, -0.15) is 0 Å². The predicted octanol–water partition coefficient (Wildman–Crippen LogP) is 3.49. The minimum atomic E-state index is -0.473. The van der Waals surface area contributed by atoms with Crippen molar-refractivity contribution in [2.45, 2.75) is 19.4 Å². The van der Waals surface area contributed by atoms with Gasteiger partial charge < -0.3 is 5.11 Å². The molecule has 1 unspecified atom stereocenters. The van der Waals surface area contributed by atoms with Crippen molar-refractivity contribution in [1.82, 2.24) is 4.98 Å². The third kappa shape index (κ3) is 2.70. The predicted molar refractivity (Wildman–Crippen MR) is 69.7 cm³/mol. The molecule has 0 aromatic carbocycles. The maximum Gasteiger partial charge on any atom is 0.0855 e. The Balaban J connectivity index is 2.14. The molecule has 84 valence electrons. The molecule has 0 aliphatic rings. The molecule has 1 atom stereocenters. The molecular formula is C12H12BrNOS. The fourth-order valence-corrected chi connectivity index (χ4v) is 3.10. The van der Waals surface area contributed by atoms with Gasteiger partial charge in [-0.3, -0.25) is 4.98 Å². The van der Waals surface area contributed by atoms with Crippen LogP contribution < -0.4 is 0 Å². The van der Waals surface area contributed by atoms with Crippen LogP contribution in [0.5, 0.6) is 0 Å². The third-order valence-electron chi connectivity index (χ3n) is 2.42. The second-order valence-corrected chi connectivity index (χ2v) is 5.54. The SMILES string of the molecule is Cc1ncccc1C(O)Cc1cc(Br)cs1. The molecule has 0 aliphatic heterocycles. The smallest absolute Gasteiger partial charge is 0.0855 e. The molecule has 0 spiro atoms. The summed E-state index contributed by atoms with van der Waals surface area (Å²) in [5.74, 6) is 0. The second-order valence-electron chi connectivity index (χ2n) is 3.63.